The summed E-state index contributed by atoms with van der Waals surface area (Å²) in [5.74, 6) is 0. The first-order valence-corrected chi connectivity index (χ1v) is 10.4. The number of fused-ring (bicyclic) bond motifs is 3. The van der Waals surface area contributed by atoms with Gasteiger partial charge in [-0.25, -0.2) is 9.41 Å². The van der Waals surface area contributed by atoms with Crippen molar-refractivity contribution in [2.24, 2.45) is 7.05 Å². The van der Waals surface area contributed by atoms with Crippen molar-refractivity contribution >= 4 is 27.6 Å². The molecule has 0 saturated heterocycles. The highest BCUT2D eigenvalue weighted by Gasteiger charge is 2.24. The molecule has 2 aromatic heterocycles. The van der Waals surface area contributed by atoms with Gasteiger partial charge in [-0.15, -0.1) is 0 Å². The lowest BCUT2D eigenvalue weighted by atomic mass is 9.90. The maximum atomic E-state index is 7.49. The molecule has 0 saturated carbocycles. The van der Waals surface area contributed by atoms with E-state index in [1.54, 1.807) is 0 Å². The minimum Gasteiger partial charge on any atom is -0.455 e. The summed E-state index contributed by atoms with van der Waals surface area (Å²) in [6.45, 7) is 13.9. The number of hydrogen-bond acceptors (Lipinski definition) is 1. The minimum atomic E-state index is 0.620. The molecule has 31 heavy (non-hydrogen) atoms. The summed E-state index contributed by atoms with van der Waals surface area (Å²) in [5.41, 5.74) is 10.5. The van der Waals surface area contributed by atoms with E-state index in [2.05, 4.69) is 79.8 Å². The molecule has 0 unspecified atom stereocenters. The van der Waals surface area contributed by atoms with Crippen molar-refractivity contribution in [2.45, 2.75) is 20.8 Å². The number of aromatic nitrogens is 1. The molecule has 3 nitrogen and oxygen atoms in total. The summed E-state index contributed by atoms with van der Waals surface area (Å²) in [4.78, 5) is 3.66. The average Bonchev–Trinajstić information content (AvgIpc) is 3.12. The van der Waals surface area contributed by atoms with Crippen LogP contribution in [0.2, 0.25) is 0 Å². The minimum absolute atomic E-state index is 0.620. The van der Waals surface area contributed by atoms with Gasteiger partial charge in [0.15, 0.2) is 11.9 Å². The van der Waals surface area contributed by atoms with E-state index < -0.39 is 0 Å². The molecule has 0 aliphatic heterocycles. The molecule has 0 amide bonds. The summed E-state index contributed by atoms with van der Waals surface area (Å²) in [6, 6.07) is 20.7. The van der Waals surface area contributed by atoms with Gasteiger partial charge >= 0.3 is 0 Å². The summed E-state index contributed by atoms with van der Waals surface area (Å²) < 4.78 is 8.60. The lowest BCUT2D eigenvalue weighted by Gasteiger charge is -2.13. The summed E-state index contributed by atoms with van der Waals surface area (Å²) in [6.07, 6.45) is 2.05. The second-order valence-electron chi connectivity index (χ2n) is 8.23. The van der Waals surface area contributed by atoms with Crippen LogP contribution in [0.3, 0.4) is 0 Å². The SMILES string of the molecule is [C-]#[N+]c1ccc2oc3c(-c4cccc[n+]4C)c(C)cc(-c4ccc(C)cc4C)c3c2c1. The topological polar surface area (TPSA) is 21.4 Å². The highest BCUT2D eigenvalue weighted by Crippen LogP contribution is 2.44. The maximum absolute atomic E-state index is 7.49. The summed E-state index contributed by atoms with van der Waals surface area (Å²) in [7, 11) is 2.05. The van der Waals surface area contributed by atoms with Gasteiger partial charge in [-0.05, 0) is 67.3 Å². The van der Waals surface area contributed by atoms with Crippen molar-refractivity contribution in [2.75, 3.05) is 0 Å². The number of benzene rings is 3. The molecule has 2 heterocycles. The fraction of sp³-hybridized carbons (Fsp3) is 0.143. The van der Waals surface area contributed by atoms with E-state index >= 15 is 0 Å². The molecule has 150 valence electrons. The number of furan rings is 1. The van der Waals surface area contributed by atoms with Crippen LogP contribution in [-0.4, -0.2) is 0 Å². The monoisotopic (exact) mass is 403 g/mol. The Morgan fingerprint density at radius 1 is 0.871 bits per heavy atom. The molecule has 0 fully saturated rings. The molecular weight excluding hydrogens is 380 g/mol. The number of hydrogen-bond donors (Lipinski definition) is 0. The van der Waals surface area contributed by atoms with Crippen LogP contribution in [0, 0.1) is 27.3 Å². The van der Waals surface area contributed by atoms with Crippen LogP contribution in [0.1, 0.15) is 16.7 Å². The van der Waals surface area contributed by atoms with Crippen LogP contribution < -0.4 is 4.57 Å². The van der Waals surface area contributed by atoms with Crippen LogP contribution in [-0.2, 0) is 7.05 Å². The van der Waals surface area contributed by atoms with Gasteiger partial charge in [-0.1, -0.05) is 29.8 Å². The number of nitrogens with zero attached hydrogens (tertiary/aromatic N) is 2. The average molecular weight is 404 g/mol. The highest BCUT2D eigenvalue weighted by atomic mass is 16.3. The first-order valence-electron chi connectivity index (χ1n) is 10.4. The fourth-order valence-corrected chi connectivity index (χ4v) is 4.57. The zero-order valence-corrected chi connectivity index (χ0v) is 18.2. The van der Waals surface area contributed by atoms with Gasteiger partial charge in [0, 0.05) is 22.9 Å². The van der Waals surface area contributed by atoms with Gasteiger partial charge in [0.2, 0.25) is 5.69 Å². The Labute approximate surface area is 182 Å². The molecule has 0 bridgehead atoms. The molecule has 0 spiro atoms. The molecule has 3 aromatic carbocycles. The van der Waals surface area contributed by atoms with Gasteiger partial charge in [0.25, 0.3) is 0 Å². The Hall–Kier alpha value is -3.90. The number of rotatable bonds is 2. The molecule has 0 atom stereocenters. The van der Waals surface area contributed by atoms with E-state index in [1.807, 2.05) is 24.3 Å². The van der Waals surface area contributed by atoms with Crippen molar-refractivity contribution in [3.05, 3.63) is 95.0 Å². The normalized spacial score (nSPS) is 11.2. The third kappa shape index (κ3) is 3.00. The smallest absolute Gasteiger partial charge is 0.216 e. The van der Waals surface area contributed by atoms with Crippen LogP contribution in [0.5, 0.6) is 0 Å². The van der Waals surface area contributed by atoms with Crippen LogP contribution >= 0.6 is 0 Å². The Morgan fingerprint density at radius 3 is 2.45 bits per heavy atom. The van der Waals surface area contributed by atoms with Crippen molar-refractivity contribution in [1.82, 2.24) is 0 Å². The Morgan fingerprint density at radius 2 is 1.71 bits per heavy atom. The second kappa shape index (κ2) is 7.11. The van der Waals surface area contributed by atoms with Gasteiger partial charge in [0.05, 0.1) is 12.1 Å². The summed E-state index contributed by atoms with van der Waals surface area (Å²) >= 11 is 0. The maximum Gasteiger partial charge on any atom is 0.216 e. The molecule has 0 radical (unpaired) electrons. The van der Waals surface area contributed by atoms with E-state index in [0.717, 1.165) is 44.3 Å². The zero-order valence-electron chi connectivity index (χ0n) is 18.2. The quantitative estimate of drug-likeness (QED) is 0.225. The Balaban J connectivity index is 1.98. The van der Waals surface area contributed by atoms with E-state index in [0.29, 0.717) is 5.69 Å². The van der Waals surface area contributed by atoms with Gasteiger partial charge in [-0.3, -0.25) is 0 Å². The predicted octanol–water partition coefficient (Wildman–Crippen LogP) is 7.22. The van der Waals surface area contributed by atoms with E-state index in [1.165, 1.54) is 16.7 Å². The Kier molecular flexibility index (Phi) is 4.38. The molecule has 0 aliphatic rings. The number of pyridine rings is 1. The van der Waals surface area contributed by atoms with Gasteiger partial charge in [-0.2, -0.15) is 0 Å². The number of aryl methyl sites for hydroxylation is 4. The van der Waals surface area contributed by atoms with E-state index in [9.17, 15) is 0 Å². The van der Waals surface area contributed by atoms with Crippen molar-refractivity contribution in [3.63, 3.8) is 0 Å². The van der Waals surface area contributed by atoms with Gasteiger partial charge in [0.1, 0.15) is 18.2 Å². The Bertz CT molecular complexity index is 1530. The van der Waals surface area contributed by atoms with Gasteiger partial charge < -0.3 is 4.42 Å². The third-order valence-electron chi connectivity index (χ3n) is 6.04. The first kappa shape index (κ1) is 19.1. The van der Waals surface area contributed by atoms with Crippen molar-refractivity contribution in [1.29, 1.82) is 0 Å². The van der Waals surface area contributed by atoms with E-state index in [4.69, 9.17) is 11.0 Å². The fourth-order valence-electron chi connectivity index (χ4n) is 4.57. The lowest BCUT2D eigenvalue weighted by molar-refractivity contribution is -0.660. The standard InChI is InChI=1S/C28H23N2O/c1-17-9-11-21(18(2)14-17)22-15-19(3)26(24-8-6-7-13-30(24)5)28-27(22)23-16-20(29-4)10-12-25(23)31-28/h6-16H,1-3,5H3/q+1. The van der Waals surface area contributed by atoms with Crippen LogP contribution in [0.15, 0.2) is 71.3 Å². The molecule has 5 aromatic rings. The molecule has 3 heteroatoms. The largest absolute Gasteiger partial charge is 0.455 e. The molecule has 0 aliphatic carbocycles. The molecule has 5 rings (SSSR count). The second-order valence-corrected chi connectivity index (χ2v) is 8.23. The van der Waals surface area contributed by atoms with Crippen molar-refractivity contribution in [3.8, 4) is 22.4 Å². The van der Waals surface area contributed by atoms with E-state index in [-0.39, 0.29) is 0 Å². The van der Waals surface area contributed by atoms with Crippen molar-refractivity contribution < 1.29 is 8.98 Å². The molecular formula is C28H23N2O+. The highest BCUT2D eigenvalue weighted by molar-refractivity contribution is 6.17. The lowest BCUT2D eigenvalue weighted by Crippen LogP contribution is -2.30. The zero-order chi connectivity index (χ0) is 21.7. The molecule has 0 N–H and O–H groups in total. The van der Waals surface area contributed by atoms with Crippen LogP contribution in [0.25, 0.3) is 49.2 Å². The van der Waals surface area contributed by atoms with Crippen LogP contribution in [0.4, 0.5) is 5.69 Å². The first-order chi connectivity index (χ1) is 15.0. The predicted molar refractivity (Wildman–Crippen MR) is 126 cm³/mol. The summed E-state index contributed by atoms with van der Waals surface area (Å²) in [5, 5.41) is 2.05. The third-order valence-corrected chi connectivity index (χ3v) is 6.04.